The minimum Gasteiger partial charge on any atom is -0.478 e. The zero-order valence-electron chi connectivity index (χ0n) is 14.5. The number of nitrogen functional groups attached to an aromatic ring is 2. The molecule has 0 aromatic heterocycles. The summed E-state index contributed by atoms with van der Waals surface area (Å²) in [6.45, 7) is 1.88. The van der Waals surface area contributed by atoms with Crippen LogP contribution in [0.15, 0.2) is 36.4 Å². The molecular weight excluding hydrogens is 376 g/mol. The van der Waals surface area contributed by atoms with E-state index in [1.54, 1.807) is 6.92 Å². The van der Waals surface area contributed by atoms with Gasteiger partial charge in [-0.1, -0.05) is 0 Å². The molecule has 0 radical (unpaired) electrons. The molecule has 0 saturated carbocycles. The minimum atomic E-state index is -1.22. The number of ether oxygens (including phenoxy) is 1. The van der Waals surface area contributed by atoms with Gasteiger partial charge in [0.25, 0.3) is 11.4 Å². The highest BCUT2D eigenvalue weighted by Crippen LogP contribution is 2.23. The van der Waals surface area contributed by atoms with Gasteiger partial charge in [-0.25, -0.2) is 9.59 Å². The molecule has 5 N–H and O–H groups in total. The highest BCUT2D eigenvalue weighted by Gasteiger charge is 2.16. The molecule has 148 valence electrons. The molecule has 0 atom stereocenters. The second kappa shape index (κ2) is 9.47. The van der Waals surface area contributed by atoms with Crippen LogP contribution in [0.3, 0.4) is 0 Å². The van der Waals surface area contributed by atoms with E-state index in [0.717, 1.165) is 12.1 Å². The number of carboxylic acid groups (broad SMARTS) is 1. The van der Waals surface area contributed by atoms with Crippen LogP contribution in [0.2, 0.25) is 0 Å². The molecule has 2 aromatic rings. The van der Waals surface area contributed by atoms with Gasteiger partial charge in [0, 0.05) is 12.1 Å². The zero-order chi connectivity index (χ0) is 21.4. The number of benzene rings is 2. The molecule has 0 bridgehead atoms. The fourth-order valence-corrected chi connectivity index (χ4v) is 1.88. The molecule has 2 aromatic carbocycles. The summed E-state index contributed by atoms with van der Waals surface area (Å²) in [5.41, 5.74) is 9.89. The molecule has 0 heterocycles. The van der Waals surface area contributed by atoms with E-state index < -0.39 is 21.8 Å². The van der Waals surface area contributed by atoms with Crippen molar-refractivity contribution in [3.63, 3.8) is 0 Å². The quantitative estimate of drug-likeness (QED) is 0.293. The fourth-order valence-electron chi connectivity index (χ4n) is 1.88. The van der Waals surface area contributed by atoms with E-state index in [-0.39, 0.29) is 40.5 Å². The Bertz CT molecular complexity index is 929. The topological polar surface area (TPSA) is 202 Å². The third-order valence-corrected chi connectivity index (χ3v) is 3.21. The molecule has 0 fully saturated rings. The van der Waals surface area contributed by atoms with Crippen LogP contribution >= 0.6 is 0 Å². The lowest BCUT2D eigenvalue weighted by atomic mass is 10.2. The molecule has 0 unspecified atom stereocenters. The molecule has 0 spiro atoms. The summed E-state index contributed by atoms with van der Waals surface area (Å²) in [7, 11) is 0. The minimum absolute atomic E-state index is 0.0213. The monoisotopic (exact) mass is 392 g/mol. The number of nitrogens with two attached hydrogens (primary N) is 2. The Hall–Kier alpha value is -4.22. The van der Waals surface area contributed by atoms with E-state index in [1.807, 2.05) is 0 Å². The van der Waals surface area contributed by atoms with Gasteiger partial charge >= 0.3 is 11.9 Å². The molecule has 12 heteroatoms. The summed E-state index contributed by atoms with van der Waals surface area (Å²) in [6, 6.07) is 7.14. The van der Waals surface area contributed by atoms with Crippen molar-refractivity contribution < 1.29 is 29.3 Å². The lowest BCUT2D eigenvalue weighted by Crippen LogP contribution is -2.06. The maximum absolute atomic E-state index is 11.2. The number of carbonyl (C=O) groups is 2. The number of carbonyl (C=O) groups excluding carboxylic acids is 1. The number of anilines is 2. The first-order valence-electron chi connectivity index (χ1n) is 7.56. The number of nitro groups is 2. The number of hydrogen-bond acceptors (Lipinski definition) is 9. The Kier molecular flexibility index (Phi) is 7.38. The first-order valence-corrected chi connectivity index (χ1v) is 7.56. The molecule has 0 amide bonds. The molecule has 0 aliphatic carbocycles. The molecule has 2 rings (SSSR count). The van der Waals surface area contributed by atoms with E-state index in [9.17, 15) is 29.8 Å². The van der Waals surface area contributed by atoms with Gasteiger partial charge < -0.3 is 21.3 Å². The van der Waals surface area contributed by atoms with Gasteiger partial charge in [0.05, 0.1) is 27.6 Å². The van der Waals surface area contributed by atoms with Gasteiger partial charge in [-0.05, 0) is 31.2 Å². The van der Waals surface area contributed by atoms with Crippen LogP contribution in [0.4, 0.5) is 22.7 Å². The predicted octanol–water partition coefficient (Wildman–Crippen LogP) is 2.23. The summed E-state index contributed by atoms with van der Waals surface area (Å²) in [5, 5.41) is 29.4. The Morgan fingerprint density at radius 2 is 1.39 bits per heavy atom. The van der Waals surface area contributed by atoms with Crippen LogP contribution in [0, 0.1) is 20.2 Å². The first-order chi connectivity index (χ1) is 13.1. The summed E-state index contributed by atoms with van der Waals surface area (Å²) in [4.78, 5) is 41.2. The molecule has 0 aliphatic heterocycles. The lowest BCUT2D eigenvalue weighted by Gasteiger charge is -2.02. The largest absolute Gasteiger partial charge is 0.478 e. The fraction of sp³-hybridized carbons (Fsp3) is 0.125. The van der Waals surface area contributed by atoms with Gasteiger partial charge in [0.2, 0.25) is 0 Å². The molecular formula is C16H16N4O8. The Morgan fingerprint density at radius 1 is 0.964 bits per heavy atom. The number of hydrogen-bond donors (Lipinski definition) is 3. The summed E-state index contributed by atoms with van der Waals surface area (Å²) in [6.07, 6.45) is 0. The molecule has 0 aliphatic rings. The summed E-state index contributed by atoms with van der Waals surface area (Å²) >= 11 is 0. The summed E-state index contributed by atoms with van der Waals surface area (Å²) < 4.78 is 4.70. The van der Waals surface area contributed by atoms with Crippen LogP contribution in [0.5, 0.6) is 0 Å². The third kappa shape index (κ3) is 5.66. The van der Waals surface area contributed by atoms with Crippen molar-refractivity contribution in [3.8, 4) is 0 Å². The second-order valence-corrected chi connectivity index (χ2v) is 5.09. The number of carboxylic acids is 1. The highest BCUT2D eigenvalue weighted by molar-refractivity contribution is 5.91. The average molecular weight is 392 g/mol. The van der Waals surface area contributed by atoms with Gasteiger partial charge in [-0.2, -0.15) is 0 Å². The Balaban J connectivity index is 0.000000283. The van der Waals surface area contributed by atoms with Crippen molar-refractivity contribution in [2.24, 2.45) is 0 Å². The zero-order valence-corrected chi connectivity index (χ0v) is 14.5. The van der Waals surface area contributed by atoms with Gasteiger partial charge in [-0.3, -0.25) is 20.2 Å². The molecule has 12 nitrogen and oxygen atoms in total. The second-order valence-electron chi connectivity index (χ2n) is 5.09. The van der Waals surface area contributed by atoms with Crippen LogP contribution in [-0.4, -0.2) is 33.5 Å². The van der Waals surface area contributed by atoms with E-state index in [1.165, 1.54) is 24.3 Å². The van der Waals surface area contributed by atoms with Crippen LogP contribution in [-0.2, 0) is 4.74 Å². The van der Waals surface area contributed by atoms with Crippen molar-refractivity contribution in [1.29, 1.82) is 0 Å². The van der Waals surface area contributed by atoms with E-state index in [0.29, 0.717) is 0 Å². The van der Waals surface area contributed by atoms with Gasteiger partial charge in [0.1, 0.15) is 11.4 Å². The number of nitrogens with zero attached hydrogens (tertiary/aromatic N) is 2. The number of rotatable bonds is 5. The highest BCUT2D eigenvalue weighted by atomic mass is 16.6. The number of aromatic carboxylic acids is 1. The average Bonchev–Trinajstić information content (AvgIpc) is 2.62. The first kappa shape index (κ1) is 21.8. The maximum atomic E-state index is 11.2. The number of esters is 1. The van der Waals surface area contributed by atoms with Crippen molar-refractivity contribution in [1.82, 2.24) is 0 Å². The van der Waals surface area contributed by atoms with Gasteiger partial charge in [-0.15, -0.1) is 0 Å². The third-order valence-electron chi connectivity index (χ3n) is 3.21. The van der Waals surface area contributed by atoms with Gasteiger partial charge in [0.15, 0.2) is 0 Å². The number of nitro benzene ring substituents is 2. The Labute approximate surface area is 157 Å². The smallest absolute Gasteiger partial charge is 0.338 e. The van der Waals surface area contributed by atoms with Crippen LogP contribution in [0.1, 0.15) is 27.6 Å². The van der Waals surface area contributed by atoms with Crippen molar-refractivity contribution >= 4 is 34.7 Å². The molecule has 28 heavy (non-hydrogen) atoms. The van der Waals surface area contributed by atoms with Crippen molar-refractivity contribution in [2.45, 2.75) is 6.92 Å². The van der Waals surface area contributed by atoms with E-state index in [4.69, 9.17) is 21.3 Å². The van der Waals surface area contributed by atoms with E-state index in [2.05, 4.69) is 0 Å². The Morgan fingerprint density at radius 3 is 1.79 bits per heavy atom. The van der Waals surface area contributed by atoms with Crippen molar-refractivity contribution in [2.75, 3.05) is 18.1 Å². The van der Waals surface area contributed by atoms with E-state index >= 15 is 0 Å². The SMILES string of the molecule is CCOC(=O)c1ccc(N)c([N+](=O)[O-])c1.Nc1ccc(C(=O)O)cc1[N+](=O)[O-]. The van der Waals surface area contributed by atoms with Crippen LogP contribution in [0.25, 0.3) is 0 Å². The predicted molar refractivity (Wildman–Crippen MR) is 97.9 cm³/mol. The maximum Gasteiger partial charge on any atom is 0.338 e. The standard InChI is InChI=1S/C9H10N2O4.C7H6N2O4/c1-2-15-9(12)6-3-4-7(10)8(5-6)11(13)14;8-5-2-1-4(7(10)11)3-6(5)9(12)13/h3-5H,2,10H2,1H3;1-3H,8H2,(H,10,11). The normalized spacial score (nSPS) is 9.61. The van der Waals surface area contributed by atoms with Crippen molar-refractivity contribution in [3.05, 3.63) is 67.8 Å². The lowest BCUT2D eigenvalue weighted by molar-refractivity contribution is -0.384. The van der Waals surface area contributed by atoms with Crippen LogP contribution < -0.4 is 11.5 Å². The summed E-state index contributed by atoms with van der Waals surface area (Å²) in [5.74, 6) is -1.82. The molecule has 0 saturated heterocycles.